The van der Waals surface area contributed by atoms with E-state index in [0.717, 1.165) is 25.7 Å². The molecule has 0 aromatic heterocycles. The molecule has 0 saturated carbocycles. The number of carbonyl (C=O) groups is 1. The molecule has 0 amide bonds. The second-order valence-corrected chi connectivity index (χ2v) is 7.17. The Hall–Kier alpha value is -1.21. The zero-order chi connectivity index (χ0) is 18.4. The zero-order valence-electron chi connectivity index (χ0n) is 16.2. The Bertz CT molecular complexity index is 401. The van der Waals surface area contributed by atoms with Gasteiger partial charge in [0.1, 0.15) is 6.61 Å². The first-order valence-corrected chi connectivity index (χ1v) is 10.1. The number of unbranched alkanes of at least 4 members (excludes halogenated alkanes) is 9. The first-order valence-electron chi connectivity index (χ1n) is 10.1. The summed E-state index contributed by atoms with van der Waals surface area (Å²) in [5, 5.41) is 0. The Balaban J connectivity index is 1.93. The van der Waals surface area contributed by atoms with Crippen LogP contribution in [-0.2, 0) is 14.2 Å². The third-order valence-electron chi connectivity index (χ3n) is 4.79. The first-order chi connectivity index (χ1) is 12.1. The predicted octanol–water partition coefficient (Wildman–Crippen LogP) is 5.63. The monoisotopic (exact) mass is 352 g/mol. The van der Waals surface area contributed by atoms with Gasteiger partial charge < -0.3 is 14.2 Å². The minimum absolute atomic E-state index is 0.0741. The molecule has 25 heavy (non-hydrogen) atoms. The van der Waals surface area contributed by atoms with Crippen LogP contribution in [0.15, 0.2) is 0 Å². The third-order valence-corrected chi connectivity index (χ3v) is 4.79. The van der Waals surface area contributed by atoms with Crippen molar-refractivity contribution in [1.29, 1.82) is 0 Å². The molecule has 4 heteroatoms. The van der Waals surface area contributed by atoms with Crippen LogP contribution < -0.4 is 0 Å². The van der Waals surface area contributed by atoms with Crippen LogP contribution in [0.3, 0.4) is 0 Å². The molecule has 4 nitrogen and oxygen atoms in total. The lowest BCUT2D eigenvalue weighted by Gasteiger charge is -2.22. The van der Waals surface area contributed by atoms with Crippen LogP contribution >= 0.6 is 0 Å². The molecular weight excluding hydrogens is 316 g/mol. The molecule has 0 spiro atoms. The molecule has 0 radical (unpaired) electrons. The van der Waals surface area contributed by atoms with Gasteiger partial charge in [-0.15, -0.1) is 6.42 Å². The lowest BCUT2D eigenvalue weighted by Crippen LogP contribution is -2.34. The molecule has 144 valence electrons. The third kappa shape index (κ3) is 9.75. The average Bonchev–Trinajstić information content (AvgIpc) is 2.99. The van der Waals surface area contributed by atoms with Crippen LogP contribution in [0, 0.1) is 12.3 Å². The summed E-state index contributed by atoms with van der Waals surface area (Å²) in [5.74, 6) is 2.62. The summed E-state index contributed by atoms with van der Waals surface area (Å²) in [4.78, 5) is 11.6. The van der Waals surface area contributed by atoms with Gasteiger partial charge in [0.15, 0.2) is 5.60 Å². The zero-order valence-corrected chi connectivity index (χ0v) is 16.2. The molecule has 1 unspecified atom stereocenters. The molecule has 1 aliphatic rings. The van der Waals surface area contributed by atoms with Crippen molar-refractivity contribution in [3.63, 3.8) is 0 Å². The van der Waals surface area contributed by atoms with E-state index in [9.17, 15) is 4.79 Å². The molecule has 0 aromatic rings. The second kappa shape index (κ2) is 13.1. The fraction of sp³-hybridized carbons (Fsp3) is 0.857. The number of hydrogen-bond donors (Lipinski definition) is 0. The maximum atomic E-state index is 11.6. The predicted molar refractivity (Wildman–Crippen MR) is 100 cm³/mol. The van der Waals surface area contributed by atoms with Crippen LogP contribution in [0.5, 0.6) is 0 Å². The summed E-state index contributed by atoms with van der Waals surface area (Å²) < 4.78 is 15.9. The van der Waals surface area contributed by atoms with Gasteiger partial charge in [0.05, 0.1) is 12.7 Å². The van der Waals surface area contributed by atoms with Gasteiger partial charge >= 0.3 is 6.16 Å². The number of rotatable bonds is 13. The van der Waals surface area contributed by atoms with Gasteiger partial charge in [-0.25, -0.2) is 4.79 Å². The minimum atomic E-state index is -0.768. The molecule has 0 aliphatic carbocycles. The minimum Gasteiger partial charge on any atom is -0.434 e. The number of carbonyl (C=O) groups excluding carboxylic acids is 1. The van der Waals surface area contributed by atoms with E-state index in [1.165, 1.54) is 51.4 Å². The summed E-state index contributed by atoms with van der Waals surface area (Å²) in [7, 11) is 0. The van der Waals surface area contributed by atoms with Crippen LogP contribution in [0.25, 0.3) is 0 Å². The van der Waals surface area contributed by atoms with Crippen LogP contribution in [0.4, 0.5) is 4.79 Å². The van der Waals surface area contributed by atoms with Crippen molar-refractivity contribution in [3.8, 4) is 12.3 Å². The van der Waals surface area contributed by atoms with E-state index < -0.39 is 11.8 Å². The van der Waals surface area contributed by atoms with E-state index in [-0.39, 0.29) is 12.7 Å². The number of hydrogen-bond acceptors (Lipinski definition) is 4. The van der Waals surface area contributed by atoms with Gasteiger partial charge in [0, 0.05) is 0 Å². The fourth-order valence-electron chi connectivity index (χ4n) is 3.16. The summed E-state index contributed by atoms with van der Waals surface area (Å²) in [6, 6.07) is 0. The first kappa shape index (κ1) is 21.8. The summed E-state index contributed by atoms with van der Waals surface area (Å²) >= 11 is 0. The molecule has 1 rings (SSSR count). The highest BCUT2D eigenvalue weighted by molar-refractivity contribution is 5.60. The van der Waals surface area contributed by atoms with Gasteiger partial charge in [-0.05, 0) is 26.2 Å². The highest BCUT2D eigenvalue weighted by Crippen LogP contribution is 2.30. The van der Waals surface area contributed by atoms with Gasteiger partial charge in [-0.2, -0.15) is 0 Å². The van der Waals surface area contributed by atoms with Crippen molar-refractivity contribution >= 4 is 6.16 Å². The molecule has 2 atom stereocenters. The lowest BCUT2D eigenvalue weighted by molar-refractivity contribution is -0.0466. The van der Waals surface area contributed by atoms with Crippen LogP contribution in [-0.4, -0.2) is 31.1 Å². The summed E-state index contributed by atoms with van der Waals surface area (Å²) in [5.41, 5.74) is -0.768. The lowest BCUT2D eigenvalue weighted by atomic mass is 10.0. The average molecular weight is 353 g/mol. The normalized spacial score (nSPS) is 22.5. The second-order valence-electron chi connectivity index (χ2n) is 7.17. The Kier molecular flexibility index (Phi) is 11.4. The van der Waals surface area contributed by atoms with Crippen molar-refractivity contribution in [2.45, 2.75) is 103 Å². The van der Waals surface area contributed by atoms with E-state index in [1.54, 1.807) is 0 Å². The van der Waals surface area contributed by atoms with E-state index in [2.05, 4.69) is 12.8 Å². The molecule has 1 fully saturated rings. The van der Waals surface area contributed by atoms with E-state index in [0.29, 0.717) is 6.61 Å². The maximum absolute atomic E-state index is 11.6. The van der Waals surface area contributed by atoms with Crippen molar-refractivity contribution < 1.29 is 19.0 Å². The van der Waals surface area contributed by atoms with Crippen LogP contribution in [0.2, 0.25) is 0 Å². The highest BCUT2D eigenvalue weighted by atomic mass is 16.7. The molecule has 0 aromatic carbocycles. The SMILES string of the molecule is C#CC1(COC(=O)OCCCCCCCCCCCC)CC[C@H](C)O1. The maximum Gasteiger partial charge on any atom is 0.508 e. The topological polar surface area (TPSA) is 44.8 Å². The molecular formula is C21H36O4. The largest absolute Gasteiger partial charge is 0.508 e. The quantitative estimate of drug-likeness (QED) is 0.245. The van der Waals surface area contributed by atoms with Gasteiger partial charge in [0.2, 0.25) is 0 Å². The molecule has 0 bridgehead atoms. The Morgan fingerprint density at radius 2 is 1.68 bits per heavy atom. The number of terminal acetylenes is 1. The smallest absolute Gasteiger partial charge is 0.434 e. The van der Waals surface area contributed by atoms with E-state index >= 15 is 0 Å². The van der Waals surface area contributed by atoms with Crippen molar-refractivity contribution in [2.75, 3.05) is 13.2 Å². The standard InChI is InChI=1S/C21H36O4/c1-4-6-7-8-9-10-11-12-13-14-17-23-20(22)24-18-21(5-2)16-15-19(3)25-21/h2,19H,4,6-18H2,1,3H3/t19-,21?/m0/s1. The van der Waals surface area contributed by atoms with Gasteiger partial charge in [-0.1, -0.05) is 70.6 Å². The van der Waals surface area contributed by atoms with Crippen molar-refractivity contribution in [3.05, 3.63) is 0 Å². The summed E-state index contributed by atoms with van der Waals surface area (Å²) in [6.07, 6.45) is 19.1. The Morgan fingerprint density at radius 1 is 1.08 bits per heavy atom. The van der Waals surface area contributed by atoms with Crippen LogP contribution in [0.1, 0.15) is 90.9 Å². The van der Waals surface area contributed by atoms with Gasteiger partial charge in [-0.3, -0.25) is 0 Å². The highest BCUT2D eigenvalue weighted by Gasteiger charge is 2.38. The van der Waals surface area contributed by atoms with E-state index in [4.69, 9.17) is 20.6 Å². The molecule has 1 saturated heterocycles. The molecule has 0 N–H and O–H groups in total. The fourth-order valence-corrected chi connectivity index (χ4v) is 3.16. The molecule has 1 heterocycles. The van der Waals surface area contributed by atoms with E-state index in [1.807, 2.05) is 6.92 Å². The van der Waals surface area contributed by atoms with Crippen molar-refractivity contribution in [2.24, 2.45) is 0 Å². The Morgan fingerprint density at radius 3 is 2.20 bits per heavy atom. The van der Waals surface area contributed by atoms with Gasteiger partial charge in [0.25, 0.3) is 0 Å². The molecule has 1 aliphatic heterocycles. The van der Waals surface area contributed by atoms with Crippen molar-refractivity contribution in [1.82, 2.24) is 0 Å². The Labute approximate surface area is 154 Å². The summed E-state index contributed by atoms with van der Waals surface area (Å²) in [6.45, 7) is 4.71. The number of ether oxygens (including phenoxy) is 3.